The van der Waals surface area contributed by atoms with Gasteiger partial charge >= 0.3 is 0 Å². The van der Waals surface area contributed by atoms with Crippen molar-refractivity contribution in [1.29, 1.82) is 0 Å². The first-order valence-corrected chi connectivity index (χ1v) is 5.42. The molecular weight excluding hydrogens is 210 g/mol. The minimum Gasteiger partial charge on any atom is -0.250 e. The van der Waals surface area contributed by atoms with E-state index in [0.717, 1.165) is 23.2 Å². The summed E-state index contributed by atoms with van der Waals surface area (Å²) >= 11 is 5.21. The van der Waals surface area contributed by atoms with E-state index in [1.54, 1.807) is 0 Å². The van der Waals surface area contributed by atoms with E-state index in [2.05, 4.69) is 33.3 Å². The van der Waals surface area contributed by atoms with Crippen molar-refractivity contribution in [1.82, 2.24) is 0 Å². The van der Waals surface area contributed by atoms with Gasteiger partial charge in [0.05, 0.1) is 4.62 Å². The first-order chi connectivity index (χ1) is 4.83. The van der Waals surface area contributed by atoms with Gasteiger partial charge in [0.25, 0.3) is 0 Å². The molecule has 0 aromatic rings. The first kappa shape index (κ1) is 8.34. The van der Waals surface area contributed by atoms with E-state index < -0.39 is 0 Å². The molecule has 0 atom stereocenters. The van der Waals surface area contributed by atoms with Crippen LogP contribution in [0.2, 0.25) is 0 Å². The lowest BCUT2D eigenvalue weighted by molar-refractivity contribution is 1.04. The molecule has 56 valence electrons. The summed E-state index contributed by atoms with van der Waals surface area (Å²) in [5, 5.41) is 0. The first-order valence-electron chi connectivity index (χ1n) is 3.24. The highest BCUT2D eigenvalue weighted by Crippen LogP contribution is 2.16. The SMILES string of the molecule is CSCC1=CCCC(Br)=N1. The predicted molar refractivity (Wildman–Crippen MR) is 52.1 cm³/mol. The van der Waals surface area contributed by atoms with Gasteiger partial charge in [-0.3, -0.25) is 0 Å². The Morgan fingerprint density at radius 2 is 2.60 bits per heavy atom. The number of nitrogens with zero attached hydrogens (tertiary/aromatic N) is 1. The molecule has 0 saturated carbocycles. The second-order valence-electron chi connectivity index (χ2n) is 2.16. The summed E-state index contributed by atoms with van der Waals surface area (Å²) in [6, 6.07) is 0. The zero-order valence-corrected chi connectivity index (χ0v) is 8.33. The molecule has 10 heavy (non-hydrogen) atoms. The van der Waals surface area contributed by atoms with Crippen LogP contribution in [0.25, 0.3) is 0 Å². The van der Waals surface area contributed by atoms with Crippen LogP contribution < -0.4 is 0 Å². The third-order valence-electron chi connectivity index (χ3n) is 1.29. The van der Waals surface area contributed by atoms with E-state index >= 15 is 0 Å². The third-order valence-corrected chi connectivity index (χ3v) is 2.45. The Balaban J connectivity index is 2.51. The zero-order valence-electron chi connectivity index (χ0n) is 5.93. The Hall–Kier alpha value is 0.240. The number of rotatable bonds is 2. The molecule has 0 aliphatic carbocycles. The maximum atomic E-state index is 4.35. The van der Waals surface area contributed by atoms with Crippen molar-refractivity contribution in [2.75, 3.05) is 12.0 Å². The Labute approximate surface area is 74.1 Å². The third kappa shape index (κ3) is 2.46. The highest BCUT2D eigenvalue weighted by Gasteiger charge is 2.02. The summed E-state index contributed by atoms with van der Waals surface area (Å²) in [4.78, 5) is 4.35. The quantitative estimate of drug-likeness (QED) is 0.697. The maximum Gasteiger partial charge on any atom is 0.0835 e. The second kappa shape index (κ2) is 4.19. The number of halogens is 1. The topological polar surface area (TPSA) is 12.4 Å². The molecule has 3 heteroatoms. The van der Waals surface area contributed by atoms with Gasteiger partial charge in [-0.05, 0) is 35.0 Å². The average molecular weight is 220 g/mol. The largest absolute Gasteiger partial charge is 0.250 e. The summed E-state index contributed by atoms with van der Waals surface area (Å²) < 4.78 is 1.10. The van der Waals surface area contributed by atoms with Crippen LogP contribution in [-0.2, 0) is 0 Å². The van der Waals surface area contributed by atoms with E-state index in [4.69, 9.17) is 0 Å². The van der Waals surface area contributed by atoms with Crippen LogP contribution in [0.4, 0.5) is 0 Å². The highest BCUT2D eigenvalue weighted by molar-refractivity contribution is 9.18. The molecule has 0 N–H and O–H groups in total. The standard InChI is InChI=1S/C7H10BrNS/c1-10-5-6-3-2-4-7(8)9-6/h3H,2,4-5H2,1H3. The van der Waals surface area contributed by atoms with Gasteiger partial charge in [0, 0.05) is 11.4 Å². The van der Waals surface area contributed by atoms with Gasteiger partial charge in [-0.2, -0.15) is 11.8 Å². The second-order valence-corrected chi connectivity index (χ2v) is 3.94. The smallest absolute Gasteiger partial charge is 0.0835 e. The van der Waals surface area contributed by atoms with Crippen LogP contribution in [0, 0.1) is 0 Å². The van der Waals surface area contributed by atoms with Crippen molar-refractivity contribution in [3.05, 3.63) is 11.8 Å². The minimum absolute atomic E-state index is 1.04. The summed E-state index contributed by atoms with van der Waals surface area (Å²) in [6.07, 6.45) is 6.51. The van der Waals surface area contributed by atoms with Gasteiger partial charge in [-0.1, -0.05) is 6.08 Å². The normalized spacial score (nSPS) is 18.2. The fraction of sp³-hybridized carbons (Fsp3) is 0.571. The molecule has 0 aromatic carbocycles. The van der Waals surface area contributed by atoms with Crippen LogP contribution in [0.15, 0.2) is 16.8 Å². The molecule has 1 aliphatic rings. The van der Waals surface area contributed by atoms with Gasteiger partial charge in [-0.25, -0.2) is 4.99 Å². The van der Waals surface area contributed by atoms with Crippen LogP contribution in [0.3, 0.4) is 0 Å². The fourth-order valence-corrected chi connectivity index (χ4v) is 1.79. The summed E-state index contributed by atoms with van der Waals surface area (Å²) in [5.74, 6) is 1.04. The average Bonchev–Trinajstić information content (AvgIpc) is 1.88. The molecule has 1 aliphatic heterocycles. The van der Waals surface area contributed by atoms with Gasteiger partial charge < -0.3 is 0 Å². The molecule has 0 spiro atoms. The van der Waals surface area contributed by atoms with E-state index in [1.165, 1.54) is 5.70 Å². The van der Waals surface area contributed by atoms with Gasteiger partial charge in [0.1, 0.15) is 0 Å². The molecule has 0 bridgehead atoms. The monoisotopic (exact) mass is 219 g/mol. The van der Waals surface area contributed by atoms with Gasteiger partial charge in [0.15, 0.2) is 0 Å². The minimum atomic E-state index is 1.04. The van der Waals surface area contributed by atoms with E-state index in [0.29, 0.717) is 0 Å². The lowest BCUT2D eigenvalue weighted by Crippen LogP contribution is -1.96. The molecule has 1 heterocycles. The van der Waals surface area contributed by atoms with E-state index in [9.17, 15) is 0 Å². The number of thioether (sulfide) groups is 1. The molecular formula is C7H10BrNS. The van der Waals surface area contributed by atoms with Crippen molar-refractivity contribution in [2.24, 2.45) is 4.99 Å². The van der Waals surface area contributed by atoms with Crippen molar-refractivity contribution >= 4 is 32.3 Å². The molecule has 0 fully saturated rings. The Morgan fingerprint density at radius 1 is 1.80 bits per heavy atom. The Morgan fingerprint density at radius 3 is 3.20 bits per heavy atom. The number of hydrogen-bond donors (Lipinski definition) is 0. The van der Waals surface area contributed by atoms with Crippen molar-refractivity contribution < 1.29 is 0 Å². The predicted octanol–water partition coefficient (Wildman–Crippen LogP) is 2.82. The lowest BCUT2D eigenvalue weighted by Gasteiger charge is -2.06. The van der Waals surface area contributed by atoms with Crippen molar-refractivity contribution in [3.63, 3.8) is 0 Å². The van der Waals surface area contributed by atoms with Crippen LogP contribution in [0.5, 0.6) is 0 Å². The summed E-state index contributed by atoms with van der Waals surface area (Å²) in [7, 11) is 0. The van der Waals surface area contributed by atoms with Crippen LogP contribution in [-0.4, -0.2) is 16.6 Å². The summed E-state index contributed by atoms with van der Waals surface area (Å²) in [6.45, 7) is 0. The van der Waals surface area contributed by atoms with Crippen molar-refractivity contribution in [2.45, 2.75) is 12.8 Å². The van der Waals surface area contributed by atoms with Crippen molar-refractivity contribution in [3.8, 4) is 0 Å². The Bertz CT molecular complexity index is 174. The zero-order chi connectivity index (χ0) is 7.40. The van der Waals surface area contributed by atoms with Gasteiger partial charge in [-0.15, -0.1) is 0 Å². The molecule has 0 saturated heterocycles. The molecule has 1 nitrogen and oxygen atoms in total. The Kier molecular flexibility index (Phi) is 3.49. The number of hydrogen-bond acceptors (Lipinski definition) is 2. The highest BCUT2D eigenvalue weighted by atomic mass is 79.9. The molecule has 0 unspecified atom stereocenters. The van der Waals surface area contributed by atoms with E-state index in [-0.39, 0.29) is 0 Å². The van der Waals surface area contributed by atoms with Crippen LogP contribution in [0.1, 0.15) is 12.8 Å². The summed E-state index contributed by atoms with van der Waals surface area (Å²) in [5.41, 5.74) is 1.21. The van der Waals surface area contributed by atoms with Crippen LogP contribution >= 0.6 is 27.7 Å². The molecule has 0 amide bonds. The lowest BCUT2D eigenvalue weighted by atomic mass is 10.2. The number of aliphatic imine (C=N–C) groups is 1. The van der Waals surface area contributed by atoms with Gasteiger partial charge in [0.2, 0.25) is 0 Å². The fourth-order valence-electron chi connectivity index (χ4n) is 0.854. The molecule has 1 rings (SSSR count). The maximum absolute atomic E-state index is 4.35. The number of allylic oxidation sites excluding steroid dienone is 1. The molecule has 0 radical (unpaired) electrons. The van der Waals surface area contributed by atoms with E-state index in [1.807, 2.05) is 11.8 Å². The molecule has 0 aromatic heterocycles.